The number of benzene rings is 2. The van der Waals surface area contributed by atoms with Gasteiger partial charge in [-0.15, -0.1) is 0 Å². The van der Waals surface area contributed by atoms with E-state index in [1.165, 1.54) is 23.4 Å². The van der Waals surface area contributed by atoms with E-state index in [0.717, 1.165) is 58.4 Å². The third-order valence-electron chi connectivity index (χ3n) is 7.23. The second-order valence-electron chi connectivity index (χ2n) is 9.31. The largest absolute Gasteiger partial charge is 0.360 e. The Morgan fingerprint density at radius 2 is 1.81 bits per heavy atom. The van der Waals surface area contributed by atoms with E-state index in [4.69, 9.17) is 28.3 Å². The number of nitrogens with zero attached hydrogens (tertiary/aromatic N) is 4. The molecule has 5 nitrogen and oxygen atoms in total. The normalized spacial score (nSPS) is 13.4. The Labute approximate surface area is 224 Å². The third kappa shape index (κ3) is 3.99. The SMILES string of the molecule is CCc1cccc(CC)c1-n1nc2c(c1-c1ccc(Cl)c3[nH]ccc13)CN(c1ncc(F)cc1Cl)CC2. The van der Waals surface area contributed by atoms with Gasteiger partial charge >= 0.3 is 0 Å². The van der Waals surface area contributed by atoms with E-state index in [1.54, 1.807) is 0 Å². The van der Waals surface area contributed by atoms with E-state index in [2.05, 4.69) is 63.7 Å². The molecule has 1 aliphatic heterocycles. The fourth-order valence-corrected chi connectivity index (χ4v) is 5.94. The molecule has 188 valence electrons. The van der Waals surface area contributed by atoms with Gasteiger partial charge in [0.2, 0.25) is 0 Å². The number of nitrogens with one attached hydrogen (secondary N) is 1. The number of para-hydroxylation sites is 1. The third-order valence-corrected chi connectivity index (χ3v) is 7.82. The summed E-state index contributed by atoms with van der Waals surface area (Å²) in [6.07, 6.45) is 5.65. The van der Waals surface area contributed by atoms with Crippen molar-refractivity contribution < 1.29 is 4.39 Å². The first-order valence-corrected chi connectivity index (χ1v) is 13.3. The number of hydrogen-bond donors (Lipinski definition) is 1. The first-order chi connectivity index (χ1) is 18.0. The molecule has 0 saturated heterocycles. The van der Waals surface area contributed by atoms with Crippen LogP contribution in [0.4, 0.5) is 10.2 Å². The summed E-state index contributed by atoms with van der Waals surface area (Å²) in [5.41, 5.74) is 8.80. The van der Waals surface area contributed by atoms with Gasteiger partial charge in [-0.25, -0.2) is 14.1 Å². The van der Waals surface area contributed by atoms with Crippen molar-refractivity contribution in [3.8, 4) is 16.9 Å². The molecule has 6 rings (SSSR count). The summed E-state index contributed by atoms with van der Waals surface area (Å²) in [5, 5.41) is 7.25. The molecule has 0 saturated carbocycles. The van der Waals surface area contributed by atoms with Crippen LogP contribution in [0, 0.1) is 5.82 Å². The summed E-state index contributed by atoms with van der Waals surface area (Å²) in [5.74, 6) is 0.137. The number of rotatable bonds is 5. The summed E-state index contributed by atoms with van der Waals surface area (Å²) < 4.78 is 15.9. The maximum absolute atomic E-state index is 13.7. The van der Waals surface area contributed by atoms with Crippen LogP contribution in [0.5, 0.6) is 0 Å². The molecule has 5 aromatic rings. The molecule has 1 N–H and O–H groups in total. The Morgan fingerprint density at radius 3 is 2.54 bits per heavy atom. The molecule has 0 spiro atoms. The zero-order valence-electron chi connectivity index (χ0n) is 20.7. The van der Waals surface area contributed by atoms with E-state index < -0.39 is 5.82 Å². The van der Waals surface area contributed by atoms with Gasteiger partial charge < -0.3 is 9.88 Å². The summed E-state index contributed by atoms with van der Waals surface area (Å²) in [6, 6.07) is 13.9. The second-order valence-corrected chi connectivity index (χ2v) is 10.1. The molecule has 37 heavy (non-hydrogen) atoms. The van der Waals surface area contributed by atoms with Crippen LogP contribution < -0.4 is 4.90 Å². The van der Waals surface area contributed by atoms with Crippen LogP contribution in [0.3, 0.4) is 0 Å². The van der Waals surface area contributed by atoms with Crippen molar-refractivity contribution in [2.75, 3.05) is 11.4 Å². The number of hydrogen-bond acceptors (Lipinski definition) is 3. The molecular weight excluding hydrogens is 508 g/mol. The van der Waals surface area contributed by atoms with Crippen molar-refractivity contribution >= 4 is 39.9 Å². The summed E-state index contributed by atoms with van der Waals surface area (Å²) >= 11 is 13.0. The highest BCUT2D eigenvalue weighted by molar-refractivity contribution is 6.35. The van der Waals surface area contributed by atoms with Crippen molar-refractivity contribution in [3.05, 3.63) is 93.1 Å². The number of fused-ring (bicyclic) bond motifs is 2. The zero-order chi connectivity index (χ0) is 25.7. The van der Waals surface area contributed by atoms with Gasteiger partial charge in [0, 0.05) is 42.2 Å². The van der Waals surface area contributed by atoms with Crippen LogP contribution in [0.1, 0.15) is 36.2 Å². The highest BCUT2D eigenvalue weighted by Crippen LogP contribution is 2.40. The molecule has 4 heterocycles. The van der Waals surface area contributed by atoms with Crippen molar-refractivity contribution in [1.82, 2.24) is 19.7 Å². The average Bonchev–Trinajstić information content (AvgIpc) is 3.54. The number of aryl methyl sites for hydroxylation is 2. The van der Waals surface area contributed by atoms with Crippen molar-refractivity contribution in [1.29, 1.82) is 0 Å². The van der Waals surface area contributed by atoms with Crippen LogP contribution in [0.2, 0.25) is 10.0 Å². The van der Waals surface area contributed by atoms with Crippen LogP contribution in [-0.4, -0.2) is 26.3 Å². The van der Waals surface area contributed by atoms with Crippen LogP contribution >= 0.6 is 23.2 Å². The Hall–Kier alpha value is -3.35. The van der Waals surface area contributed by atoms with Crippen molar-refractivity contribution in [2.24, 2.45) is 0 Å². The topological polar surface area (TPSA) is 49.7 Å². The number of aromatic nitrogens is 4. The lowest BCUT2D eigenvalue weighted by Gasteiger charge is -2.28. The van der Waals surface area contributed by atoms with Crippen LogP contribution in [0.25, 0.3) is 27.8 Å². The van der Waals surface area contributed by atoms with Crippen LogP contribution in [0.15, 0.2) is 54.9 Å². The average molecular weight is 534 g/mol. The summed E-state index contributed by atoms with van der Waals surface area (Å²) in [4.78, 5) is 9.71. The minimum Gasteiger partial charge on any atom is -0.360 e. The monoisotopic (exact) mass is 533 g/mol. The molecule has 0 unspecified atom stereocenters. The first-order valence-electron chi connectivity index (χ1n) is 12.5. The van der Waals surface area contributed by atoms with E-state index in [0.29, 0.717) is 29.0 Å². The molecule has 0 aliphatic carbocycles. The van der Waals surface area contributed by atoms with Crippen molar-refractivity contribution in [2.45, 2.75) is 39.7 Å². The molecule has 2 aromatic carbocycles. The minimum atomic E-state index is -0.445. The van der Waals surface area contributed by atoms with Gasteiger partial charge in [0.1, 0.15) is 11.6 Å². The maximum Gasteiger partial charge on any atom is 0.147 e. The Bertz CT molecular complexity index is 1620. The fraction of sp³-hybridized carbons (Fsp3) is 0.241. The lowest BCUT2D eigenvalue weighted by Crippen LogP contribution is -2.31. The summed E-state index contributed by atoms with van der Waals surface area (Å²) in [7, 11) is 0. The highest BCUT2D eigenvalue weighted by atomic mass is 35.5. The van der Waals surface area contributed by atoms with Gasteiger partial charge in [0.15, 0.2) is 0 Å². The lowest BCUT2D eigenvalue weighted by molar-refractivity contribution is 0.619. The Morgan fingerprint density at radius 1 is 1.03 bits per heavy atom. The molecule has 3 aromatic heterocycles. The standard InChI is InChI=1S/C29H26Cl2FN5/c1-3-17-6-5-7-18(4-2)27(17)37-28(21-8-9-23(30)26-20(21)10-12-33-26)22-16-36(13-11-25(22)35-37)29-24(31)14-19(32)15-34-29/h5-10,12,14-15,33H,3-4,11,13,16H2,1-2H3. The first kappa shape index (κ1) is 24.0. The predicted molar refractivity (Wildman–Crippen MR) is 149 cm³/mol. The molecule has 0 radical (unpaired) electrons. The molecule has 8 heteroatoms. The molecule has 1 aliphatic rings. The zero-order valence-corrected chi connectivity index (χ0v) is 22.2. The molecule has 0 fully saturated rings. The van der Waals surface area contributed by atoms with Gasteiger partial charge in [-0.3, -0.25) is 0 Å². The fourth-order valence-electron chi connectivity index (χ4n) is 5.45. The van der Waals surface area contributed by atoms with Gasteiger partial charge in [-0.2, -0.15) is 5.10 Å². The van der Waals surface area contributed by atoms with Gasteiger partial charge in [0.25, 0.3) is 0 Å². The highest BCUT2D eigenvalue weighted by Gasteiger charge is 2.30. The van der Waals surface area contributed by atoms with Gasteiger partial charge in [-0.05, 0) is 42.2 Å². The Balaban J connectivity index is 1.61. The lowest BCUT2D eigenvalue weighted by atomic mass is 9.97. The van der Waals surface area contributed by atoms with E-state index >= 15 is 0 Å². The summed E-state index contributed by atoms with van der Waals surface area (Å²) in [6.45, 7) is 5.61. The van der Waals surface area contributed by atoms with Gasteiger partial charge in [-0.1, -0.05) is 61.3 Å². The molecular formula is C29H26Cl2FN5. The van der Waals surface area contributed by atoms with Crippen molar-refractivity contribution in [3.63, 3.8) is 0 Å². The minimum absolute atomic E-state index is 0.307. The predicted octanol–water partition coefficient (Wildman–Crippen LogP) is 7.55. The number of aromatic amines is 1. The number of halogens is 3. The van der Waals surface area contributed by atoms with E-state index in [-0.39, 0.29) is 0 Å². The Kier molecular flexibility index (Phi) is 6.17. The van der Waals surface area contributed by atoms with Crippen LogP contribution in [-0.2, 0) is 25.8 Å². The molecule has 0 atom stereocenters. The number of anilines is 1. The maximum atomic E-state index is 13.7. The van der Waals surface area contributed by atoms with E-state index in [1.807, 2.05) is 12.3 Å². The second kappa shape index (κ2) is 9.51. The quantitative estimate of drug-likeness (QED) is 0.253. The number of H-pyrrole nitrogens is 1. The smallest absolute Gasteiger partial charge is 0.147 e. The molecule has 0 bridgehead atoms. The molecule has 0 amide bonds. The number of pyridine rings is 1. The van der Waals surface area contributed by atoms with Gasteiger partial charge in [0.05, 0.1) is 38.8 Å². The van der Waals surface area contributed by atoms with E-state index in [9.17, 15) is 4.39 Å².